The smallest absolute Gasteiger partial charge is 0.378 e. The molecule has 1 aliphatic rings. The number of aromatic nitrogens is 3. The van der Waals surface area contributed by atoms with Crippen molar-refractivity contribution in [3.05, 3.63) is 71.4 Å². The largest absolute Gasteiger partial charge is 0.434 e. The molecule has 1 saturated heterocycles. The maximum Gasteiger partial charge on any atom is 0.434 e. The number of amides is 2. The highest BCUT2D eigenvalue weighted by atomic mass is 19.4. The van der Waals surface area contributed by atoms with E-state index < -0.39 is 34.8 Å². The van der Waals surface area contributed by atoms with Gasteiger partial charge in [-0.15, -0.1) is 0 Å². The van der Waals surface area contributed by atoms with Crippen molar-refractivity contribution >= 4 is 17.6 Å². The number of carbonyl (C=O) groups is 2. The predicted octanol–water partition coefficient (Wildman–Crippen LogP) is 3.15. The first-order chi connectivity index (χ1) is 15.8. The van der Waals surface area contributed by atoms with Gasteiger partial charge >= 0.3 is 6.18 Å². The molecule has 0 spiro atoms. The van der Waals surface area contributed by atoms with Gasteiger partial charge in [-0.1, -0.05) is 12.1 Å². The molecule has 12 heteroatoms. The Morgan fingerprint density at radius 1 is 1.03 bits per heavy atom. The molecular weight excluding hydrogens is 446 g/mol. The maximum atomic E-state index is 14.1. The molecule has 3 heterocycles. The number of morpholine rings is 1. The number of ether oxygens (including phenoxy) is 1. The molecule has 3 aromatic rings. The van der Waals surface area contributed by atoms with Crippen LogP contribution in [0, 0.1) is 5.82 Å². The third kappa shape index (κ3) is 4.70. The Bertz CT molecular complexity index is 1170. The van der Waals surface area contributed by atoms with Gasteiger partial charge in [0, 0.05) is 19.3 Å². The molecule has 4 rings (SSSR count). The van der Waals surface area contributed by atoms with Crippen LogP contribution in [0.25, 0.3) is 5.69 Å². The Labute approximate surface area is 184 Å². The molecule has 1 fully saturated rings. The number of pyridine rings is 1. The first-order valence-electron chi connectivity index (χ1n) is 9.80. The number of para-hydroxylation sites is 1. The fourth-order valence-corrected chi connectivity index (χ4v) is 3.32. The van der Waals surface area contributed by atoms with Crippen LogP contribution in [0.15, 0.2) is 48.8 Å². The van der Waals surface area contributed by atoms with Crippen molar-refractivity contribution in [1.29, 1.82) is 0 Å². The molecule has 33 heavy (non-hydrogen) atoms. The van der Waals surface area contributed by atoms with E-state index in [9.17, 15) is 27.2 Å². The first kappa shape index (κ1) is 22.4. The summed E-state index contributed by atoms with van der Waals surface area (Å²) in [6, 6.07) is 7.49. The number of anilines is 1. The maximum absolute atomic E-state index is 14.1. The lowest BCUT2D eigenvalue weighted by molar-refractivity contribution is -0.143. The summed E-state index contributed by atoms with van der Waals surface area (Å²) in [6.07, 6.45) is -3.06. The van der Waals surface area contributed by atoms with E-state index >= 15 is 0 Å². The van der Waals surface area contributed by atoms with Crippen molar-refractivity contribution in [1.82, 2.24) is 19.7 Å². The second-order valence-electron chi connectivity index (χ2n) is 7.06. The van der Waals surface area contributed by atoms with Crippen molar-refractivity contribution in [2.24, 2.45) is 0 Å². The van der Waals surface area contributed by atoms with E-state index in [1.54, 1.807) is 4.90 Å². The zero-order valence-electron chi connectivity index (χ0n) is 17.0. The number of alkyl halides is 3. The van der Waals surface area contributed by atoms with Crippen LogP contribution in [0.1, 0.15) is 26.4 Å². The molecule has 2 amide bonds. The number of benzene rings is 1. The van der Waals surface area contributed by atoms with Crippen molar-refractivity contribution in [2.45, 2.75) is 6.18 Å². The minimum Gasteiger partial charge on any atom is -0.378 e. The summed E-state index contributed by atoms with van der Waals surface area (Å²) in [7, 11) is 0. The van der Waals surface area contributed by atoms with Crippen LogP contribution < -0.4 is 5.32 Å². The van der Waals surface area contributed by atoms with Crippen molar-refractivity contribution in [2.75, 3.05) is 31.6 Å². The molecule has 1 N–H and O–H groups in total. The molecule has 1 aromatic carbocycles. The van der Waals surface area contributed by atoms with Crippen molar-refractivity contribution in [3.8, 4) is 5.69 Å². The van der Waals surface area contributed by atoms with Crippen LogP contribution in [-0.2, 0) is 10.9 Å². The molecule has 8 nitrogen and oxygen atoms in total. The molecule has 0 unspecified atom stereocenters. The van der Waals surface area contributed by atoms with Crippen LogP contribution in [0.5, 0.6) is 0 Å². The minimum absolute atomic E-state index is 0.0645. The van der Waals surface area contributed by atoms with Crippen LogP contribution >= 0.6 is 0 Å². The molecule has 0 saturated carbocycles. The van der Waals surface area contributed by atoms with Gasteiger partial charge < -0.3 is 15.0 Å². The number of hydrogen-bond acceptors (Lipinski definition) is 5. The van der Waals surface area contributed by atoms with Crippen molar-refractivity contribution in [3.63, 3.8) is 0 Å². The fourth-order valence-electron chi connectivity index (χ4n) is 3.32. The van der Waals surface area contributed by atoms with E-state index in [-0.39, 0.29) is 17.3 Å². The lowest BCUT2D eigenvalue weighted by Crippen LogP contribution is -2.40. The van der Waals surface area contributed by atoms with Gasteiger partial charge in [-0.2, -0.15) is 18.3 Å². The number of rotatable bonds is 4. The topological polar surface area (TPSA) is 89.3 Å². The van der Waals surface area contributed by atoms with Gasteiger partial charge in [-0.25, -0.2) is 14.1 Å². The molecular formula is C21H17F4N5O3. The average molecular weight is 463 g/mol. The van der Waals surface area contributed by atoms with Gasteiger partial charge in [0.05, 0.1) is 30.5 Å². The molecule has 1 aliphatic heterocycles. The Hall–Kier alpha value is -3.80. The highest BCUT2D eigenvalue weighted by Crippen LogP contribution is 2.34. The highest BCUT2D eigenvalue weighted by molar-refractivity contribution is 6.05. The number of nitrogens with zero attached hydrogens (tertiary/aromatic N) is 4. The van der Waals surface area contributed by atoms with Gasteiger partial charge in [-0.3, -0.25) is 9.59 Å². The standard InChI is InChI=1S/C21H17F4N5O3/c22-15-3-1-2-4-16(15)30-18(21(23,24)25)14(12-27-30)19(31)28-17-6-5-13(11-26-17)20(32)29-7-9-33-10-8-29/h1-6,11-12H,7-10H2,(H,26,28,31). The predicted molar refractivity (Wildman–Crippen MR) is 107 cm³/mol. The number of carbonyl (C=O) groups excluding carboxylic acids is 2. The molecule has 0 aliphatic carbocycles. The van der Waals surface area contributed by atoms with Crippen LogP contribution in [0.4, 0.5) is 23.4 Å². The Kier molecular flexibility index (Phi) is 6.09. The normalized spacial score (nSPS) is 14.2. The molecule has 172 valence electrons. The average Bonchev–Trinajstić information content (AvgIpc) is 3.26. The lowest BCUT2D eigenvalue weighted by atomic mass is 10.2. The summed E-state index contributed by atoms with van der Waals surface area (Å²) >= 11 is 0. The Morgan fingerprint density at radius 2 is 1.76 bits per heavy atom. The van der Waals surface area contributed by atoms with Gasteiger partial charge in [0.1, 0.15) is 17.3 Å². The van der Waals surface area contributed by atoms with E-state index in [1.807, 2.05) is 0 Å². The zero-order chi connectivity index (χ0) is 23.6. The monoisotopic (exact) mass is 463 g/mol. The number of halogens is 4. The second-order valence-corrected chi connectivity index (χ2v) is 7.06. The minimum atomic E-state index is -4.99. The molecule has 2 aromatic heterocycles. The highest BCUT2D eigenvalue weighted by Gasteiger charge is 2.41. The van der Waals surface area contributed by atoms with Crippen molar-refractivity contribution < 1.29 is 31.9 Å². The Morgan fingerprint density at radius 3 is 2.39 bits per heavy atom. The summed E-state index contributed by atoms with van der Waals surface area (Å²) in [4.78, 5) is 30.6. The SMILES string of the molecule is O=C(Nc1ccc(C(=O)N2CCOCC2)cn1)c1cnn(-c2ccccc2F)c1C(F)(F)F. The number of hydrogen-bond donors (Lipinski definition) is 1. The summed E-state index contributed by atoms with van der Waals surface area (Å²) in [5.41, 5.74) is -2.42. The summed E-state index contributed by atoms with van der Waals surface area (Å²) < 4.78 is 60.8. The van der Waals surface area contributed by atoms with Crippen LogP contribution in [-0.4, -0.2) is 57.8 Å². The van der Waals surface area contributed by atoms with Crippen LogP contribution in [0.3, 0.4) is 0 Å². The first-order valence-corrected chi connectivity index (χ1v) is 9.80. The number of nitrogens with one attached hydrogen (secondary N) is 1. The molecule has 0 radical (unpaired) electrons. The van der Waals surface area contributed by atoms with Gasteiger partial charge in [-0.05, 0) is 24.3 Å². The van der Waals surface area contributed by atoms with E-state index in [4.69, 9.17) is 4.74 Å². The van der Waals surface area contributed by atoms with Crippen LogP contribution in [0.2, 0.25) is 0 Å². The zero-order valence-corrected chi connectivity index (χ0v) is 17.0. The Balaban J connectivity index is 1.56. The molecule has 0 bridgehead atoms. The summed E-state index contributed by atoms with van der Waals surface area (Å²) in [5, 5.41) is 5.83. The van der Waals surface area contributed by atoms with E-state index in [1.165, 1.54) is 30.5 Å². The third-order valence-electron chi connectivity index (χ3n) is 4.91. The quantitative estimate of drug-likeness (QED) is 0.601. The second kappa shape index (κ2) is 8.98. The van der Waals surface area contributed by atoms with Gasteiger partial charge in [0.15, 0.2) is 5.69 Å². The van der Waals surface area contributed by atoms with Gasteiger partial charge in [0.25, 0.3) is 11.8 Å². The summed E-state index contributed by atoms with van der Waals surface area (Å²) in [6.45, 7) is 1.72. The summed E-state index contributed by atoms with van der Waals surface area (Å²) in [5.74, 6) is -2.40. The van der Waals surface area contributed by atoms with E-state index in [2.05, 4.69) is 15.4 Å². The van der Waals surface area contributed by atoms with E-state index in [0.717, 1.165) is 12.1 Å². The van der Waals surface area contributed by atoms with E-state index in [0.29, 0.717) is 37.2 Å². The fraction of sp³-hybridized carbons (Fsp3) is 0.238. The third-order valence-corrected chi connectivity index (χ3v) is 4.91. The van der Waals surface area contributed by atoms with Gasteiger partial charge in [0.2, 0.25) is 0 Å². The molecule has 0 atom stereocenters. The lowest BCUT2D eigenvalue weighted by Gasteiger charge is -2.26.